The van der Waals surface area contributed by atoms with Crippen LogP contribution in [-0.2, 0) is 4.74 Å². The van der Waals surface area contributed by atoms with Crippen LogP contribution >= 0.6 is 15.9 Å². The zero-order valence-electron chi connectivity index (χ0n) is 11.2. The number of nitrogens with two attached hydrogens (primary N) is 1. The fourth-order valence-electron chi connectivity index (χ4n) is 1.70. The van der Waals surface area contributed by atoms with E-state index in [1.54, 1.807) is 42.5 Å². The molecule has 108 valence electrons. The Morgan fingerprint density at radius 3 is 2.29 bits per heavy atom. The summed E-state index contributed by atoms with van der Waals surface area (Å²) in [6.07, 6.45) is 0. The Kier molecular flexibility index (Phi) is 4.59. The van der Waals surface area contributed by atoms with Crippen LogP contribution in [0.25, 0.3) is 0 Å². The molecule has 0 saturated carbocycles. The Morgan fingerprint density at radius 2 is 1.71 bits per heavy atom. The van der Waals surface area contributed by atoms with Gasteiger partial charge in [0.2, 0.25) is 0 Å². The second kappa shape index (κ2) is 6.41. The summed E-state index contributed by atoms with van der Waals surface area (Å²) in [7, 11) is 1.32. The third-order valence-corrected chi connectivity index (χ3v) is 3.54. The minimum Gasteiger partial charge on any atom is -0.465 e. The highest BCUT2D eigenvalue weighted by Gasteiger charge is 2.09. The van der Waals surface area contributed by atoms with Crippen LogP contribution in [0.15, 0.2) is 46.9 Å². The van der Waals surface area contributed by atoms with Crippen molar-refractivity contribution >= 4 is 39.2 Å². The van der Waals surface area contributed by atoms with Gasteiger partial charge in [0.15, 0.2) is 0 Å². The number of ether oxygens (including phenoxy) is 1. The highest BCUT2D eigenvalue weighted by molar-refractivity contribution is 9.10. The molecule has 2 aromatic carbocycles. The molecule has 0 aliphatic carbocycles. The average molecular weight is 349 g/mol. The number of methoxy groups -OCH3 is 1. The van der Waals surface area contributed by atoms with Gasteiger partial charge in [-0.15, -0.1) is 0 Å². The summed E-state index contributed by atoms with van der Waals surface area (Å²) in [6.45, 7) is 0. The molecule has 1 amide bonds. The van der Waals surface area contributed by atoms with Gasteiger partial charge in [-0.05, 0) is 58.4 Å². The summed E-state index contributed by atoms with van der Waals surface area (Å²) >= 11 is 3.27. The van der Waals surface area contributed by atoms with E-state index in [9.17, 15) is 9.59 Å². The number of carbonyl (C=O) groups excluding carboxylic acids is 2. The SMILES string of the molecule is COC(=O)c1ccc(NC(=O)c2ccc(Br)c(N)c2)cc1. The van der Waals surface area contributed by atoms with Crippen molar-refractivity contribution in [3.8, 4) is 0 Å². The van der Waals surface area contributed by atoms with Crippen LogP contribution in [0.4, 0.5) is 11.4 Å². The van der Waals surface area contributed by atoms with Gasteiger partial charge in [0.05, 0.1) is 12.7 Å². The summed E-state index contributed by atoms with van der Waals surface area (Å²) in [4.78, 5) is 23.4. The number of esters is 1. The number of halogens is 1. The summed E-state index contributed by atoms with van der Waals surface area (Å²) in [5.41, 5.74) is 7.68. The fraction of sp³-hybridized carbons (Fsp3) is 0.0667. The molecule has 0 radical (unpaired) electrons. The number of anilines is 2. The maximum Gasteiger partial charge on any atom is 0.337 e. The van der Waals surface area contributed by atoms with E-state index in [2.05, 4.69) is 26.0 Å². The second-order valence-corrected chi connectivity index (χ2v) is 5.11. The lowest BCUT2D eigenvalue weighted by atomic mass is 10.1. The largest absolute Gasteiger partial charge is 0.465 e. The number of rotatable bonds is 3. The lowest BCUT2D eigenvalue weighted by molar-refractivity contribution is 0.0600. The third-order valence-electron chi connectivity index (χ3n) is 2.82. The van der Waals surface area contributed by atoms with Gasteiger partial charge in [-0.1, -0.05) is 0 Å². The standard InChI is InChI=1S/C15H13BrN2O3/c1-21-15(20)9-2-5-11(6-3-9)18-14(19)10-4-7-12(16)13(17)8-10/h2-8H,17H2,1H3,(H,18,19). The number of nitrogen functional groups attached to an aromatic ring is 1. The van der Waals surface area contributed by atoms with Crippen LogP contribution in [0.5, 0.6) is 0 Å². The molecule has 3 N–H and O–H groups in total. The number of carbonyl (C=O) groups is 2. The Balaban J connectivity index is 2.12. The molecule has 0 heterocycles. The number of amides is 1. The lowest BCUT2D eigenvalue weighted by Crippen LogP contribution is -2.12. The Hall–Kier alpha value is -2.34. The van der Waals surface area contributed by atoms with Crippen LogP contribution in [0, 0.1) is 0 Å². The van der Waals surface area contributed by atoms with Gasteiger partial charge in [-0.2, -0.15) is 0 Å². The molecule has 6 heteroatoms. The van der Waals surface area contributed by atoms with E-state index >= 15 is 0 Å². The second-order valence-electron chi connectivity index (χ2n) is 4.26. The molecule has 0 saturated heterocycles. The molecule has 0 unspecified atom stereocenters. The van der Waals surface area contributed by atoms with Gasteiger partial charge in [0.1, 0.15) is 0 Å². The highest BCUT2D eigenvalue weighted by Crippen LogP contribution is 2.21. The van der Waals surface area contributed by atoms with Crippen LogP contribution in [0.3, 0.4) is 0 Å². The number of benzene rings is 2. The minimum absolute atomic E-state index is 0.278. The van der Waals surface area contributed by atoms with E-state index in [-0.39, 0.29) is 5.91 Å². The lowest BCUT2D eigenvalue weighted by Gasteiger charge is -2.07. The van der Waals surface area contributed by atoms with E-state index < -0.39 is 5.97 Å². The summed E-state index contributed by atoms with van der Waals surface area (Å²) in [5, 5.41) is 2.73. The fourth-order valence-corrected chi connectivity index (χ4v) is 1.94. The molecule has 21 heavy (non-hydrogen) atoms. The van der Waals surface area contributed by atoms with Gasteiger partial charge in [-0.25, -0.2) is 4.79 Å². The van der Waals surface area contributed by atoms with Crippen LogP contribution < -0.4 is 11.1 Å². The van der Waals surface area contributed by atoms with Crippen molar-refractivity contribution in [2.24, 2.45) is 0 Å². The molecule has 0 aromatic heterocycles. The quantitative estimate of drug-likeness (QED) is 0.659. The van der Waals surface area contributed by atoms with Gasteiger partial charge >= 0.3 is 5.97 Å². The van der Waals surface area contributed by atoms with Crippen LogP contribution in [0.1, 0.15) is 20.7 Å². The molecule has 0 bridgehead atoms. The van der Waals surface area contributed by atoms with Gasteiger partial charge in [0, 0.05) is 21.4 Å². The maximum absolute atomic E-state index is 12.1. The molecular weight excluding hydrogens is 336 g/mol. The molecule has 0 aliphatic heterocycles. The molecule has 0 fully saturated rings. The predicted octanol–water partition coefficient (Wildman–Crippen LogP) is 3.07. The van der Waals surface area contributed by atoms with Crippen molar-refractivity contribution in [3.63, 3.8) is 0 Å². The van der Waals surface area contributed by atoms with Gasteiger partial charge < -0.3 is 15.8 Å². The Bertz CT molecular complexity index is 684. The van der Waals surface area contributed by atoms with E-state index in [4.69, 9.17) is 5.73 Å². The van der Waals surface area contributed by atoms with Crippen molar-refractivity contribution < 1.29 is 14.3 Å². The highest BCUT2D eigenvalue weighted by atomic mass is 79.9. The zero-order valence-corrected chi connectivity index (χ0v) is 12.8. The van der Waals surface area contributed by atoms with Crippen molar-refractivity contribution in [2.75, 3.05) is 18.2 Å². The van der Waals surface area contributed by atoms with Crippen LogP contribution in [0.2, 0.25) is 0 Å². The van der Waals surface area contributed by atoms with Crippen molar-refractivity contribution in [2.45, 2.75) is 0 Å². The van der Waals surface area contributed by atoms with Crippen molar-refractivity contribution in [1.29, 1.82) is 0 Å². The van der Waals surface area contributed by atoms with Crippen molar-refractivity contribution in [3.05, 3.63) is 58.1 Å². The topological polar surface area (TPSA) is 81.4 Å². The van der Waals surface area contributed by atoms with Crippen molar-refractivity contribution in [1.82, 2.24) is 0 Å². The zero-order chi connectivity index (χ0) is 15.4. The van der Waals surface area contributed by atoms with Gasteiger partial charge in [0.25, 0.3) is 5.91 Å². The van der Waals surface area contributed by atoms with E-state index in [0.717, 1.165) is 4.47 Å². The van der Waals surface area contributed by atoms with E-state index in [1.807, 2.05) is 0 Å². The Morgan fingerprint density at radius 1 is 1.10 bits per heavy atom. The first-order chi connectivity index (χ1) is 10.0. The molecule has 0 spiro atoms. The normalized spacial score (nSPS) is 10.0. The van der Waals surface area contributed by atoms with Crippen LogP contribution in [-0.4, -0.2) is 19.0 Å². The summed E-state index contributed by atoms with van der Waals surface area (Å²) in [6, 6.07) is 11.4. The smallest absolute Gasteiger partial charge is 0.337 e. The first kappa shape index (κ1) is 15.1. The maximum atomic E-state index is 12.1. The Labute approximate surface area is 130 Å². The van der Waals surface area contributed by atoms with E-state index in [1.165, 1.54) is 7.11 Å². The molecule has 0 atom stereocenters. The molecule has 5 nitrogen and oxygen atoms in total. The predicted molar refractivity (Wildman–Crippen MR) is 84.3 cm³/mol. The molecule has 0 aliphatic rings. The molecule has 2 aromatic rings. The first-order valence-corrected chi connectivity index (χ1v) is 6.85. The molecular formula is C15H13BrN2O3. The monoisotopic (exact) mass is 348 g/mol. The third kappa shape index (κ3) is 3.61. The number of hydrogen-bond acceptors (Lipinski definition) is 4. The first-order valence-electron chi connectivity index (χ1n) is 6.06. The molecule has 2 rings (SSSR count). The number of nitrogens with one attached hydrogen (secondary N) is 1. The summed E-state index contributed by atoms with van der Waals surface area (Å²) < 4.78 is 5.34. The van der Waals surface area contributed by atoms with E-state index in [0.29, 0.717) is 22.5 Å². The summed E-state index contributed by atoms with van der Waals surface area (Å²) in [5.74, 6) is -0.700. The average Bonchev–Trinajstić information content (AvgIpc) is 2.50. The van der Waals surface area contributed by atoms with Gasteiger partial charge in [-0.3, -0.25) is 4.79 Å². The number of hydrogen-bond donors (Lipinski definition) is 2. The minimum atomic E-state index is -0.423.